The van der Waals surface area contributed by atoms with E-state index in [1.807, 2.05) is 39.0 Å². The number of nitrogen functional groups attached to an aromatic ring is 1. The number of aryl methyl sites for hydroxylation is 1. The van der Waals surface area contributed by atoms with Gasteiger partial charge in [0, 0.05) is 30.2 Å². The highest BCUT2D eigenvalue weighted by Gasteiger charge is 2.14. The Morgan fingerprint density at radius 1 is 1.14 bits per heavy atom. The van der Waals surface area contributed by atoms with Gasteiger partial charge in [-0.15, -0.1) is 0 Å². The number of anilines is 2. The molecule has 9 nitrogen and oxygen atoms in total. The van der Waals surface area contributed by atoms with Crippen LogP contribution in [0.3, 0.4) is 0 Å². The molecular formula is C20H23N7O2. The molecule has 0 aliphatic rings. The summed E-state index contributed by atoms with van der Waals surface area (Å²) in [6.07, 6.45) is 6.05. The lowest BCUT2D eigenvalue weighted by molar-refractivity contribution is 0.0942. The minimum Gasteiger partial charge on any atom is -0.382 e. The number of nitrogens with one attached hydrogen (secondary N) is 2. The highest BCUT2D eigenvalue weighted by atomic mass is 16.2. The van der Waals surface area contributed by atoms with Gasteiger partial charge in [0.25, 0.3) is 11.8 Å². The van der Waals surface area contributed by atoms with Gasteiger partial charge < -0.3 is 16.4 Å². The van der Waals surface area contributed by atoms with Crippen molar-refractivity contribution in [3.8, 4) is 0 Å². The fraction of sp³-hybridized carbons (Fsp3) is 0.250. The first kappa shape index (κ1) is 20.0. The summed E-state index contributed by atoms with van der Waals surface area (Å²) in [5, 5.41) is 9.86. The zero-order valence-corrected chi connectivity index (χ0v) is 16.5. The van der Waals surface area contributed by atoms with Crippen LogP contribution in [0.4, 0.5) is 11.5 Å². The molecule has 2 amide bonds. The summed E-state index contributed by atoms with van der Waals surface area (Å²) in [5.74, 6) is -0.511. The summed E-state index contributed by atoms with van der Waals surface area (Å²) in [7, 11) is 0. The molecule has 0 spiro atoms. The van der Waals surface area contributed by atoms with E-state index in [-0.39, 0.29) is 23.5 Å². The van der Waals surface area contributed by atoms with E-state index in [4.69, 9.17) is 5.73 Å². The number of amides is 2. The van der Waals surface area contributed by atoms with Crippen LogP contribution in [0.25, 0.3) is 0 Å². The minimum absolute atomic E-state index is 0.0553. The van der Waals surface area contributed by atoms with Crippen molar-refractivity contribution in [1.29, 1.82) is 0 Å². The van der Waals surface area contributed by atoms with Crippen LogP contribution in [0.15, 0.2) is 43.0 Å². The van der Waals surface area contributed by atoms with Gasteiger partial charge in [-0.05, 0) is 44.0 Å². The van der Waals surface area contributed by atoms with Crippen molar-refractivity contribution in [3.63, 3.8) is 0 Å². The second-order valence-corrected chi connectivity index (χ2v) is 7.01. The number of rotatable bonds is 6. The smallest absolute Gasteiger partial charge is 0.278 e. The fourth-order valence-corrected chi connectivity index (χ4v) is 2.85. The second kappa shape index (κ2) is 8.51. The van der Waals surface area contributed by atoms with Gasteiger partial charge in [-0.25, -0.2) is 9.97 Å². The van der Waals surface area contributed by atoms with Crippen molar-refractivity contribution in [2.45, 2.75) is 33.4 Å². The van der Waals surface area contributed by atoms with Crippen LogP contribution >= 0.6 is 0 Å². The topological polar surface area (TPSA) is 128 Å². The van der Waals surface area contributed by atoms with E-state index in [0.29, 0.717) is 17.8 Å². The fourth-order valence-electron chi connectivity index (χ4n) is 2.85. The van der Waals surface area contributed by atoms with Gasteiger partial charge >= 0.3 is 0 Å². The average molecular weight is 393 g/mol. The summed E-state index contributed by atoms with van der Waals surface area (Å²) in [6, 6.07) is 5.74. The van der Waals surface area contributed by atoms with Crippen molar-refractivity contribution in [2.24, 2.45) is 0 Å². The zero-order chi connectivity index (χ0) is 21.0. The lowest BCUT2D eigenvalue weighted by atomic mass is 10.1. The van der Waals surface area contributed by atoms with Gasteiger partial charge in [-0.3, -0.25) is 14.3 Å². The third-order valence-corrected chi connectivity index (χ3v) is 4.00. The predicted octanol–water partition coefficient (Wildman–Crippen LogP) is 2.00. The molecule has 4 N–H and O–H groups in total. The Hall–Kier alpha value is -3.75. The number of carbonyl (C=O) groups is 2. The molecule has 0 unspecified atom stereocenters. The molecule has 0 saturated heterocycles. The number of benzene rings is 1. The average Bonchev–Trinajstić information content (AvgIpc) is 3.07. The van der Waals surface area contributed by atoms with E-state index < -0.39 is 5.91 Å². The lowest BCUT2D eigenvalue weighted by Gasteiger charge is -2.11. The molecule has 0 aliphatic carbocycles. The van der Waals surface area contributed by atoms with Crippen LogP contribution in [-0.4, -0.2) is 37.6 Å². The first-order valence-corrected chi connectivity index (χ1v) is 9.13. The largest absolute Gasteiger partial charge is 0.382 e. The molecule has 0 aliphatic heterocycles. The number of carbonyl (C=O) groups excluding carboxylic acids is 2. The Morgan fingerprint density at radius 3 is 2.62 bits per heavy atom. The maximum atomic E-state index is 12.3. The van der Waals surface area contributed by atoms with Crippen molar-refractivity contribution < 1.29 is 9.59 Å². The van der Waals surface area contributed by atoms with Gasteiger partial charge in [-0.2, -0.15) is 5.10 Å². The van der Waals surface area contributed by atoms with Crippen LogP contribution in [0.2, 0.25) is 0 Å². The molecule has 0 bridgehead atoms. The highest BCUT2D eigenvalue weighted by Crippen LogP contribution is 2.14. The molecule has 0 saturated carbocycles. The van der Waals surface area contributed by atoms with Crippen molar-refractivity contribution in [2.75, 3.05) is 11.1 Å². The maximum Gasteiger partial charge on any atom is 0.278 e. The highest BCUT2D eigenvalue weighted by molar-refractivity contribution is 6.05. The molecule has 2 aromatic heterocycles. The standard InChI is InChI=1S/C20H23N7O2/c1-12(2)25-19(28)15-7-13(3)6-14(8-15)10-27-11-16(9-24-27)26-20(29)17-18(21)23-5-4-22-17/h4-9,11-12H,10H2,1-3H3,(H2,21,23)(H,25,28)(H,26,29). The van der Waals surface area contributed by atoms with Crippen molar-refractivity contribution in [1.82, 2.24) is 25.1 Å². The van der Waals surface area contributed by atoms with Crippen molar-refractivity contribution >= 4 is 23.3 Å². The minimum atomic E-state index is -0.460. The number of hydrogen-bond donors (Lipinski definition) is 3. The number of hydrogen-bond acceptors (Lipinski definition) is 6. The summed E-state index contributed by atoms with van der Waals surface area (Å²) in [4.78, 5) is 32.4. The number of aromatic nitrogens is 4. The van der Waals surface area contributed by atoms with Crippen molar-refractivity contribution in [3.05, 3.63) is 65.4 Å². The summed E-state index contributed by atoms with van der Waals surface area (Å²) in [5.41, 5.74) is 8.75. The van der Waals surface area contributed by atoms with E-state index in [2.05, 4.69) is 25.7 Å². The quantitative estimate of drug-likeness (QED) is 0.588. The van der Waals surface area contributed by atoms with Crippen LogP contribution in [0.5, 0.6) is 0 Å². The van der Waals surface area contributed by atoms with Crippen LogP contribution < -0.4 is 16.4 Å². The Balaban J connectivity index is 1.72. The van der Waals surface area contributed by atoms with Gasteiger partial charge in [0.1, 0.15) is 0 Å². The second-order valence-electron chi connectivity index (χ2n) is 7.01. The first-order chi connectivity index (χ1) is 13.8. The lowest BCUT2D eigenvalue weighted by Crippen LogP contribution is -2.30. The third kappa shape index (κ3) is 5.16. The third-order valence-electron chi connectivity index (χ3n) is 4.00. The molecule has 0 atom stereocenters. The molecule has 1 aromatic carbocycles. The van der Waals surface area contributed by atoms with Gasteiger partial charge in [0.15, 0.2) is 11.5 Å². The predicted molar refractivity (Wildman–Crippen MR) is 110 cm³/mol. The van der Waals surface area contributed by atoms with Gasteiger partial charge in [0.05, 0.1) is 18.4 Å². The Morgan fingerprint density at radius 2 is 1.90 bits per heavy atom. The van der Waals surface area contributed by atoms with Gasteiger partial charge in [0.2, 0.25) is 0 Å². The van der Waals surface area contributed by atoms with Crippen LogP contribution in [-0.2, 0) is 6.54 Å². The van der Waals surface area contributed by atoms with Crippen LogP contribution in [0.1, 0.15) is 45.8 Å². The Bertz CT molecular complexity index is 1040. The Kier molecular flexibility index (Phi) is 5.87. The SMILES string of the molecule is Cc1cc(Cn2cc(NC(=O)c3nccnc3N)cn2)cc(C(=O)NC(C)C)c1. The molecule has 9 heteroatoms. The summed E-state index contributed by atoms with van der Waals surface area (Å²) < 4.78 is 1.68. The molecule has 3 rings (SSSR count). The van der Waals surface area contributed by atoms with E-state index in [1.54, 1.807) is 10.9 Å². The van der Waals surface area contributed by atoms with E-state index in [0.717, 1.165) is 11.1 Å². The normalized spacial score (nSPS) is 10.8. The molecule has 0 radical (unpaired) electrons. The zero-order valence-electron chi connectivity index (χ0n) is 16.5. The first-order valence-electron chi connectivity index (χ1n) is 9.13. The number of nitrogens with two attached hydrogens (primary N) is 1. The monoisotopic (exact) mass is 393 g/mol. The molecule has 3 aromatic rings. The van der Waals surface area contributed by atoms with Crippen LogP contribution in [0, 0.1) is 6.92 Å². The van der Waals surface area contributed by atoms with E-state index in [9.17, 15) is 9.59 Å². The number of nitrogens with zero attached hydrogens (tertiary/aromatic N) is 4. The Labute approximate surface area is 168 Å². The van der Waals surface area contributed by atoms with E-state index in [1.165, 1.54) is 18.6 Å². The van der Waals surface area contributed by atoms with E-state index >= 15 is 0 Å². The molecule has 2 heterocycles. The molecule has 0 fully saturated rings. The molecule has 29 heavy (non-hydrogen) atoms. The summed E-state index contributed by atoms with van der Waals surface area (Å²) >= 11 is 0. The molecular weight excluding hydrogens is 370 g/mol. The maximum absolute atomic E-state index is 12.3. The molecule has 150 valence electrons. The van der Waals surface area contributed by atoms with Gasteiger partial charge in [-0.1, -0.05) is 6.07 Å². The summed E-state index contributed by atoms with van der Waals surface area (Å²) in [6.45, 7) is 6.23.